The molecule has 0 spiro atoms. The number of Topliss-reactive ketones (excluding diaryl/α,β-unsaturated/α-hetero) is 1. The number of aliphatic carboxylic acids is 1. The first-order valence-corrected chi connectivity index (χ1v) is 42.3. The summed E-state index contributed by atoms with van der Waals surface area (Å²) in [5.74, 6) is -11.6. The Morgan fingerprint density at radius 2 is 0.861 bits per heavy atom. The van der Waals surface area contributed by atoms with Crippen molar-refractivity contribution in [3.05, 3.63) is 95.6 Å². The normalized spacial score (nSPS) is 15.5. The van der Waals surface area contributed by atoms with Crippen molar-refractivity contribution >= 4 is 94.6 Å². The number of nitrogens with one attached hydrogen (secondary N) is 6. The monoisotopic (exact) mass is 1700 g/mol. The van der Waals surface area contributed by atoms with Gasteiger partial charge in [0.1, 0.15) is 67.0 Å². The highest BCUT2D eigenvalue weighted by molar-refractivity contribution is 6.00. The number of rotatable bonds is 45. The molecule has 14 amide bonds. The molecule has 3 aromatic rings. The van der Waals surface area contributed by atoms with E-state index in [2.05, 4.69) is 31.9 Å². The fraction of sp³-hybridized carbons (Fsp3) is 0.618. The number of carbonyl (C=O) groups excluding carboxylic acids is 15. The van der Waals surface area contributed by atoms with Crippen molar-refractivity contribution in [1.82, 2.24) is 76.0 Å². The summed E-state index contributed by atoms with van der Waals surface area (Å²) in [6.07, 6.45) is 1.98. The molecule has 0 bridgehead atoms. The summed E-state index contributed by atoms with van der Waals surface area (Å²) in [6, 6.07) is 10.4. The van der Waals surface area contributed by atoms with Crippen LogP contribution in [-0.2, 0) is 83.1 Å². The number of hydrogen-bond donors (Lipinski definition) is 7. The van der Waals surface area contributed by atoms with E-state index in [0.717, 1.165) is 59.6 Å². The molecular weight excluding hydrogens is 1570 g/mol. The Hall–Kier alpha value is -10.9. The molecule has 5 rings (SSSR count). The van der Waals surface area contributed by atoms with Gasteiger partial charge in [-0.15, -0.1) is 0 Å². The van der Waals surface area contributed by atoms with Crippen LogP contribution in [-0.4, -0.2) is 313 Å². The number of carboxylic acids is 1. The number of fused-ring (bicyclic) bond motifs is 3. The summed E-state index contributed by atoms with van der Waals surface area (Å²) in [6.45, 7) is 20.4. The third-order valence-corrected chi connectivity index (χ3v) is 23.2. The van der Waals surface area contributed by atoms with Crippen molar-refractivity contribution in [3.8, 4) is 11.1 Å². The van der Waals surface area contributed by atoms with Crippen LogP contribution >= 0.6 is 0 Å². The first-order valence-electron chi connectivity index (χ1n) is 42.3. The van der Waals surface area contributed by atoms with Crippen LogP contribution in [0.4, 0.5) is 4.79 Å². The molecule has 7 N–H and O–H groups in total. The maximum atomic E-state index is 15.0. The van der Waals surface area contributed by atoms with E-state index in [1.807, 2.05) is 104 Å². The van der Waals surface area contributed by atoms with Gasteiger partial charge in [-0.2, -0.15) is 0 Å². The lowest BCUT2D eigenvalue weighted by Gasteiger charge is -2.36. The first kappa shape index (κ1) is 102. The topological polar surface area (TPSA) is 404 Å². The summed E-state index contributed by atoms with van der Waals surface area (Å²) < 4.78 is 5.81. The molecule has 0 unspecified atom stereocenters. The van der Waals surface area contributed by atoms with E-state index in [1.165, 1.54) is 125 Å². The van der Waals surface area contributed by atoms with Gasteiger partial charge in [0, 0.05) is 82.8 Å². The largest absolute Gasteiger partial charge is 0.481 e. The lowest BCUT2D eigenvalue weighted by molar-refractivity contribution is -0.149. The summed E-state index contributed by atoms with van der Waals surface area (Å²) in [5, 5.41) is 25.8. The molecule has 2 aliphatic rings. The van der Waals surface area contributed by atoms with Gasteiger partial charge in [0.2, 0.25) is 76.8 Å². The van der Waals surface area contributed by atoms with Crippen molar-refractivity contribution in [3.63, 3.8) is 0 Å². The minimum Gasteiger partial charge on any atom is -0.481 e. The van der Waals surface area contributed by atoms with Gasteiger partial charge in [-0.25, -0.2) is 4.79 Å². The highest BCUT2D eigenvalue weighted by Crippen LogP contribution is 2.45. The summed E-state index contributed by atoms with van der Waals surface area (Å²) in [7, 11) is 14.1. The van der Waals surface area contributed by atoms with Gasteiger partial charge in [-0.1, -0.05) is 147 Å². The van der Waals surface area contributed by atoms with Gasteiger partial charge in [-0.3, -0.25) is 82.1 Å². The van der Waals surface area contributed by atoms with Crippen LogP contribution in [0.2, 0.25) is 0 Å². The molecule has 674 valence electrons. The number of amides is 14. The molecule has 1 fully saturated rings. The van der Waals surface area contributed by atoms with Crippen molar-refractivity contribution < 1.29 is 86.6 Å². The van der Waals surface area contributed by atoms with Crippen LogP contribution < -0.4 is 31.9 Å². The van der Waals surface area contributed by atoms with Crippen molar-refractivity contribution in [1.29, 1.82) is 0 Å². The number of benzene rings is 3. The Bertz CT molecular complexity index is 4130. The van der Waals surface area contributed by atoms with Gasteiger partial charge in [-0.05, 0) is 131 Å². The summed E-state index contributed by atoms with van der Waals surface area (Å²) in [4.78, 5) is 235. The molecule has 0 heterocycles. The number of hydrogen-bond acceptors (Lipinski definition) is 18. The van der Waals surface area contributed by atoms with Gasteiger partial charge in [0.05, 0.1) is 38.1 Å². The van der Waals surface area contributed by atoms with Crippen LogP contribution in [0.25, 0.3) is 11.1 Å². The second-order valence-electron chi connectivity index (χ2n) is 34.7. The van der Waals surface area contributed by atoms with E-state index < -0.39 is 193 Å². The van der Waals surface area contributed by atoms with Crippen LogP contribution in [0.5, 0.6) is 0 Å². The third kappa shape index (κ3) is 28.1. The second kappa shape index (κ2) is 47.0. The van der Waals surface area contributed by atoms with Gasteiger partial charge >= 0.3 is 12.1 Å². The Balaban J connectivity index is 1.21. The van der Waals surface area contributed by atoms with Crippen molar-refractivity contribution in [2.45, 2.75) is 233 Å². The molecule has 0 aliphatic heterocycles. The molecule has 12 atom stereocenters. The van der Waals surface area contributed by atoms with Crippen molar-refractivity contribution in [2.24, 2.45) is 29.6 Å². The Labute approximate surface area is 719 Å². The minimum atomic E-state index is -1.28. The van der Waals surface area contributed by atoms with Crippen LogP contribution in [0.3, 0.4) is 0 Å². The number of likely N-dealkylation sites (N-methyl/N-ethyl adjacent to an activating group) is 9. The number of ketones is 1. The fourth-order valence-corrected chi connectivity index (χ4v) is 15.4. The molecule has 2 aliphatic carbocycles. The maximum Gasteiger partial charge on any atom is 0.410 e. The van der Waals surface area contributed by atoms with Gasteiger partial charge in [0.25, 0.3) is 0 Å². The second-order valence-corrected chi connectivity index (χ2v) is 34.7. The third-order valence-electron chi connectivity index (χ3n) is 23.2. The van der Waals surface area contributed by atoms with E-state index in [9.17, 15) is 81.8 Å². The number of carbonyl (C=O) groups is 16. The number of carboxylic acid groups (broad SMARTS) is 1. The maximum absolute atomic E-state index is 15.0. The zero-order valence-corrected chi connectivity index (χ0v) is 75.7. The zero-order valence-electron chi connectivity index (χ0n) is 75.7. The predicted octanol–water partition coefficient (Wildman–Crippen LogP) is 4.52. The Kier molecular flexibility index (Phi) is 39.1. The smallest absolute Gasteiger partial charge is 0.410 e. The predicted molar refractivity (Wildman–Crippen MR) is 460 cm³/mol. The number of ether oxygens (including phenoxy) is 1. The molecule has 33 heteroatoms. The van der Waals surface area contributed by atoms with Gasteiger partial charge in [0.15, 0.2) is 5.78 Å². The summed E-state index contributed by atoms with van der Waals surface area (Å²) in [5.41, 5.74) is 4.80. The molecule has 33 nitrogen and oxygen atoms in total. The average Bonchev–Trinajstić information content (AvgIpc) is 1.61. The van der Waals surface area contributed by atoms with E-state index in [4.69, 9.17) is 4.74 Å². The molecule has 1 saturated carbocycles. The van der Waals surface area contributed by atoms with Crippen LogP contribution in [0, 0.1) is 29.6 Å². The Morgan fingerprint density at radius 1 is 0.426 bits per heavy atom. The van der Waals surface area contributed by atoms with E-state index in [-0.39, 0.29) is 74.2 Å². The SMILES string of the molecule is CC(C)C[C@H](NC(=O)[C@H](C)N(C)C(=O)OCC1c2ccccc2-c2ccccc21)C(=O)N(C)CC(=O)N(C)[C@@H](C)C(=O)N[C@@H](CC(C)C)C(=O)N(C)[C@@H](Cc1ccccc1)C(=O)N(C)[C@@H](C)C(=O)NCC(=O)N[C@@H](CC(C)C)C(=O)N(C)[C@@H](CC(C)C)C(=O)N(C)[C@@H](C)C(=O)N[C@@H](C)C(=O)N(C)[C@H](C(=O)CN[C@@H](CC(=O)O)C(=O)N(C)C)C1CCCC1. The highest BCUT2D eigenvalue weighted by Gasteiger charge is 2.43. The lowest BCUT2D eigenvalue weighted by Crippen LogP contribution is -2.60. The van der Waals surface area contributed by atoms with Crippen LogP contribution in [0.1, 0.15) is 170 Å². The van der Waals surface area contributed by atoms with E-state index >= 15 is 0 Å². The summed E-state index contributed by atoms with van der Waals surface area (Å²) >= 11 is 0. The van der Waals surface area contributed by atoms with Crippen molar-refractivity contribution in [2.75, 3.05) is 96.7 Å². The molecular formula is C89H135N15O18. The molecule has 0 saturated heterocycles. The zero-order chi connectivity index (χ0) is 91.8. The van der Waals surface area contributed by atoms with E-state index in [1.54, 1.807) is 30.3 Å². The molecule has 3 aromatic carbocycles. The quantitative estimate of drug-likeness (QED) is 0.0409. The average molecular weight is 1700 g/mol. The Morgan fingerprint density at radius 3 is 1.35 bits per heavy atom. The first-order chi connectivity index (χ1) is 57.1. The standard InChI is InChI=1S/C89H135N15O18/c1-51(2)41-68(94-81(113)59(13)101(20)89(121)122-50-66-64-39-31-29-37-62(64)63-38-30-32-40-65(63)66)84(116)97(16)49-75(107)98(17)57(11)80(112)95-70(43-53(5)6)86(118)103(22)72(45-60-33-25-24-26-34-60)88(120)99(18)56(10)78(110)91-48-74(106)93-69(42-52(3)4)85(117)102(21)71(44-54(7)8)87(119)100(19)58(12)79(111)92-55(9)82(114)104(23)77(61-35-27-28-36-61)73(105)47-90-67(46-76(108)109)83(115)96(14)15/h24-26,29-34,37-40,51-59,61,66-72,77,90H,27-28,35-36,41-50H2,1-23H3,(H,91,110)(H,92,111)(H,93,106)(H,94,113)(H,95,112)(H,108,109)/t55-,56-,57-,58-,59-,67-,68-,69-,70-,71-,72-,77-/m0/s1. The lowest BCUT2D eigenvalue weighted by atomic mass is 9.92. The molecule has 0 radical (unpaired) electrons. The van der Waals surface area contributed by atoms with Crippen LogP contribution in [0.15, 0.2) is 78.9 Å². The van der Waals surface area contributed by atoms with Gasteiger partial charge < -0.3 is 75.6 Å². The fourth-order valence-electron chi connectivity index (χ4n) is 15.4. The number of nitrogens with zero attached hydrogens (tertiary/aromatic N) is 9. The molecule has 0 aromatic heterocycles. The highest BCUT2D eigenvalue weighted by atomic mass is 16.6. The van der Waals surface area contributed by atoms with E-state index in [0.29, 0.717) is 18.4 Å². The minimum absolute atomic E-state index is 0.0267. The molecule has 122 heavy (non-hydrogen) atoms.